The smallest absolute Gasteiger partial charge is 0.248 e. The average molecular weight is 276 g/mol. The van der Waals surface area contributed by atoms with Crippen LogP contribution in [0, 0.1) is 13.8 Å². The van der Waals surface area contributed by atoms with E-state index in [-0.39, 0.29) is 11.9 Å². The fourth-order valence-corrected chi connectivity index (χ4v) is 2.19. The Labute approximate surface area is 116 Å². The fourth-order valence-electron chi connectivity index (χ4n) is 1.59. The second-order valence-corrected chi connectivity index (χ2v) is 5.48. The molecule has 0 fully saturated rings. The Morgan fingerprint density at radius 1 is 1.26 bits per heavy atom. The van der Waals surface area contributed by atoms with Gasteiger partial charge < -0.3 is 5.32 Å². The van der Waals surface area contributed by atoms with Gasteiger partial charge in [0, 0.05) is 5.69 Å². The Hall–Kier alpha value is -1.95. The number of hydrogen-bond acceptors (Lipinski definition) is 5. The van der Waals surface area contributed by atoms with E-state index in [1.54, 1.807) is 0 Å². The maximum Gasteiger partial charge on any atom is 0.248 e. The Kier molecular flexibility index (Phi) is 4.11. The minimum Gasteiger partial charge on any atom is -0.374 e. The first-order valence-electron chi connectivity index (χ1n) is 5.99. The molecule has 1 heterocycles. The molecule has 0 radical (unpaired) electrons. The molecule has 0 bridgehead atoms. The molecule has 0 aliphatic rings. The van der Waals surface area contributed by atoms with Crippen molar-refractivity contribution < 1.29 is 4.79 Å². The number of amides is 1. The van der Waals surface area contributed by atoms with Crippen molar-refractivity contribution in [3.05, 3.63) is 34.8 Å². The maximum absolute atomic E-state index is 12.0. The third kappa shape index (κ3) is 3.51. The van der Waals surface area contributed by atoms with Crippen molar-refractivity contribution >= 4 is 28.1 Å². The molecule has 0 saturated heterocycles. The van der Waals surface area contributed by atoms with Gasteiger partial charge in [-0.25, -0.2) is 0 Å². The molecule has 2 N–H and O–H groups in total. The second-order valence-electron chi connectivity index (χ2n) is 4.30. The lowest BCUT2D eigenvalue weighted by Gasteiger charge is -2.15. The van der Waals surface area contributed by atoms with Crippen LogP contribution in [0.25, 0.3) is 0 Å². The molecule has 2 aromatic rings. The lowest BCUT2D eigenvalue weighted by Crippen LogP contribution is -2.32. The van der Waals surface area contributed by atoms with Crippen molar-refractivity contribution in [3.8, 4) is 0 Å². The van der Waals surface area contributed by atoms with Crippen molar-refractivity contribution in [2.75, 3.05) is 10.6 Å². The molecule has 0 saturated carbocycles. The summed E-state index contributed by atoms with van der Waals surface area (Å²) in [6.45, 7) is 5.67. The number of nitrogens with one attached hydrogen (secondary N) is 2. The van der Waals surface area contributed by atoms with Gasteiger partial charge in [0.05, 0.1) is 0 Å². The van der Waals surface area contributed by atoms with E-state index in [1.807, 2.05) is 45.0 Å². The van der Waals surface area contributed by atoms with Crippen LogP contribution in [0.3, 0.4) is 0 Å². The number of rotatable bonds is 4. The third-order valence-electron chi connectivity index (χ3n) is 2.67. The monoisotopic (exact) mass is 276 g/mol. The van der Waals surface area contributed by atoms with Crippen LogP contribution in [0.15, 0.2) is 24.3 Å². The third-order valence-corrected chi connectivity index (χ3v) is 3.42. The molecule has 0 spiro atoms. The number of aromatic nitrogens is 2. The van der Waals surface area contributed by atoms with Gasteiger partial charge in [0.2, 0.25) is 11.0 Å². The molecular formula is C13H16N4OS. The summed E-state index contributed by atoms with van der Waals surface area (Å²) in [4.78, 5) is 12.0. The lowest BCUT2D eigenvalue weighted by molar-refractivity contribution is -0.116. The van der Waals surface area contributed by atoms with Gasteiger partial charge in [0.15, 0.2) is 0 Å². The van der Waals surface area contributed by atoms with Crippen molar-refractivity contribution in [3.63, 3.8) is 0 Å². The molecule has 1 amide bonds. The molecule has 0 aliphatic heterocycles. The van der Waals surface area contributed by atoms with Crippen LogP contribution in [0.4, 0.5) is 10.8 Å². The predicted octanol–water partition coefficient (Wildman–Crippen LogP) is 2.59. The van der Waals surface area contributed by atoms with Gasteiger partial charge in [-0.05, 0) is 32.4 Å². The van der Waals surface area contributed by atoms with Crippen LogP contribution in [0.2, 0.25) is 0 Å². The number of nitrogens with zero attached hydrogens (tertiary/aromatic N) is 2. The van der Waals surface area contributed by atoms with Crippen molar-refractivity contribution in [2.24, 2.45) is 0 Å². The van der Waals surface area contributed by atoms with Gasteiger partial charge >= 0.3 is 0 Å². The Morgan fingerprint density at radius 3 is 2.63 bits per heavy atom. The molecule has 6 heteroatoms. The summed E-state index contributed by atoms with van der Waals surface area (Å²) in [6.07, 6.45) is 0. The summed E-state index contributed by atoms with van der Waals surface area (Å²) in [5, 5.41) is 15.0. The molecular weight excluding hydrogens is 260 g/mol. The van der Waals surface area contributed by atoms with E-state index in [9.17, 15) is 4.79 Å². The molecule has 1 aromatic carbocycles. The minimum atomic E-state index is -0.342. The topological polar surface area (TPSA) is 66.9 Å². The largest absolute Gasteiger partial charge is 0.374 e. The first-order valence-corrected chi connectivity index (χ1v) is 6.81. The molecule has 19 heavy (non-hydrogen) atoms. The predicted molar refractivity (Wildman–Crippen MR) is 77.5 cm³/mol. The molecule has 100 valence electrons. The normalized spacial score (nSPS) is 11.9. The molecule has 1 atom stereocenters. The quantitative estimate of drug-likeness (QED) is 0.900. The first kappa shape index (κ1) is 13.5. The zero-order valence-corrected chi connectivity index (χ0v) is 11.9. The minimum absolute atomic E-state index is 0.126. The summed E-state index contributed by atoms with van der Waals surface area (Å²) in [6, 6.07) is 7.52. The molecule has 1 aromatic heterocycles. The number of carbonyl (C=O) groups is 1. The van der Waals surface area contributed by atoms with Gasteiger partial charge in [-0.15, -0.1) is 10.2 Å². The highest BCUT2D eigenvalue weighted by molar-refractivity contribution is 7.15. The zero-order chi connectivity index (χ0) is 13.8. The van der Waals surface area contributed by atoms with E-state index >= 15 is 0 Å². The van der Waals surface area contributed by atoms with E-state index in [4.69, 9.17) is 0 Å². The van der Waals surface area contributed by atoms with E-state index in [0.717, 1.165) is 16.3 Å². The zero-order valence-electron chi connectivity index (χ0n) is 11.1. The maximum atomic E-state index is 12.0. The second kappa shape index (κ2) is 5.79. The summed E-state index contributed by atoms with van der Waals surface area (Å²) in [5.41, 5.74) is 2.06. The Balaban J connectivity index is 1.98. The average Bonchev–Trinajstić information content (AvgIpc) is 2.77. The van der Waals surface area contributed by atoms with Gasteiger partial charge in [-0.3, -0.25) is 10.1 Å². The summed E-state index contributed by atoms with van der Waals surface area (Å²) < 4.78 is 0. The van der Waals surface area contributed by atoms with Crippen LogP contribution in [0.1, 0.15) is 17.5 Å². The summed E-state index contributed by atoms with van der Waals surface area (Å²) in [7, 11) is 0. The Bertz CT molecular complexity index is 582. The van der Waals surface area contributed by atoms with Crippen molar-refractivity contribution in [1.29, 1.82) is 0 Å². The van der Waals surface area contributed by atoms with Crippen LogP contribution >= 0.6 is 11.3 Å². The standard InChI is InChI=1S/C13H16N4OS/c1-8-6-4-5-7-11(8)14-9(2)12(18)15-13-17-16-10(3)19-13/h4-7,9,14H,1-3H3,(H,15,17,18)/t9-/m0/s1. The highest BCUT2D eigenvalue weighted by Crippen LogP contribution is 2.16. The number of benzene rings is 1. The number of para-hydroxylation sites is 1. The van der Waals surface area contributed by atoms with Gasteiger partial charge in [-0.2, -0.15) is 0 Å². The van der Waals surface area contributed by atoms with E-state index < -0.39 is 0 Å². The van der Waals surface area contributed by atoms with E-state index in [1.165, 1.54) is 11.3 Å². The number of hydrogen-bond donors (Lipinski definition) is 2. The van der Waals surface area contributed by atoms with Crippen LogP contribution in [-0.2, 0) is 4.79 Å². The van der Waals surface area contributed by atoms with Gasteiger partial charge in [0.1, 0.15) is 11.0 Å². The van der Waals surface area contributed by atoms with Crippen LogP contribution in [-0.4, -0.2) is 22.1 Å². The van der Waals surface area contributed by atoms with Crippen molar-refractivity contribution in [1.82, 2.24) is 10.2 Å². The van der Waals surface area contributed by atoms with E-state index in [0.29, 0.717) is 5.13 Å². The van der Waals surface area contributed by atoms with E-state index in [2.05, 4.69) is 20.8 Å². The number of carbonyl (C=O) groups excluding carboxylic acids is 1. The molecule has 0 unspecified atom stereocenters. The molecule has 5 nitrogen and oxygen atoms in total. The molecule has 2 rings (SSSR count). The Morgan fingerprint density at radius 2 is 2.00 bits per heavy atom. The summed E-state index contributed by atoms with van der Waals surface area (Å²) >= 11 is 1.36. The van der Waals surface area contributed by atoms with Gasteiger partial charge in [0.25, 0.3) is 0 Å². The summed E-state index contributed by atoms with van der Waals surface area (Å²) in [5.74, 6) is -0.126. The van der Waals surface area contributed by atoms with Crippen LogP contribution in [0.5, 0.6) is 0 Å². The highest BCUT2D eigenvalue weighted by atomic mass is 32.1. The molecule has 0 aliphatic carbocycles. The van der Waals surface area contributed by atoms with Crippen molar-refractivity contribution in [2.45, 2.75) is 26.8 Å². The fraction of sp³-hybridized carbons (Fsp3) is 0.308. The highest BCUT2D eigenvalue weighted by Gasteiger charge is 2.15. The van der Waals surface area contributed by atoms with Gasteiger partial charge in [-0.1, -0.05) is 29.5 Å². The number of anilines is 2. The lowest BCUT2D eigenvalue weighted by atomic mass is 10.2. The number of aryl methyl sites for hydroxylation is 2. The SMILES string of the molecule is Cc1nnc(NC(=O)[C@H](C)Nc2ccccc2C)s1. The van der Waals surface area contributed by atoms with Crippen LogP contribution < -0.4 is 10.6 Å². The first-order chi connectivity index (χ1) is 9.06.